The number of hydrogen-bond donors (Lipinski definition) is 1. The molecule has 110 valence electrons. The number of fused-ring (bicyclic) bond motifs is 1. The molecule has 1 N–H and O–H groups in total. The summed E-state index contributed by atoms with van der Waals surface area (Å²) in [6.45, 7) is 5.04. The maximum atomic E-state index is 12.7. The van der Waals surface area contributed by atoms with Gasteiger partial charge in [-0.05, 0) is 43.4 Å². The lowest BCUT2D eigenvalue weighted by molar-refractivity contribution is 0.0661. The number of likely N-dealkylation sites (tertiary alicyclic amines) is 1. The van der Waals surface area contributed by atoms with E-state index >= 15 is 0 Å². The molecule has 2 unspecified atom stereocenters. The minimum atomic E-state index is 0. The number of nitrogens with zero attached hydrogens (tertiary/aromatic N) is 1. The van der Waals surface area contributed by atoms with Crippen molar-refractivity contribution in [2.24, 2.45) is 5.92 Å². The fraction of sp³-hybridized carbons (Fsp3) is 0.562. The Morgan fingerprint density at radius 2 is 2.15 bits per heavy atom. The van der Waals surface area contributed by atoms with Gasteiger partial charge < -0.3 is 10.2 Å². The molecule has 3 rings (SSSR count). The van der Waals surface area contributed by atoms with Crippen molar-refractivity contribution in [3.63, 3.8) is 0 Å². The van der Waals surface area contributed by atoms with Gasteiger partial charge in [-0.3, -0.25) is 4.79 Å². The van der Waals surface area contributed by atoms with Crippen molar-refractivity contribution < 1.29 is 4.79 Å². The van der Waals surface area contributed by atoms with Crippen molar-refractivity contribution in [3.8, 4) is 0 Å². The third-order valence-electron chi connectivity index (χ3n) is 4.57. The summed E-state index contributed by atoms with van der Waals surface area (Å²) in [5, 5.41) is 3.54. The summed E-state index contributed by atoms with van der Waals surface area (Å²) in [6, 6.07) is 8.67. The first-order chi connectivity index (χ1) is 9.29. The van der Waals surface area contributed by atoms with Gasteiger partial charge in [-0.15, -0.1) is 12.4 Å². The number of carbonyl (C=O) groups excluding carboxylic acids is 1. The van der Waals surface area contributed by atoms with Crippen LogP contribution in [0.3, 0.4) is 0 Å². The van der Waals surface area contributed by atoms with Crippen molar-refractivity contribution in [3.05, 3.63) is 35.4 Å². The van der Waals surface area contributed by atoms with Crippen LogP contribution >= 0.6 is 12.4 Å². The lowest BCUT2D eigenvalue weighted by Gasteiger charge is -2.35. The molecular weight excluding hydrogens is 272 g/mol. The van der Waals surface area contributed by atoms with Gasteiger partial charge in [0.1, 0.15) is 0 Å². The Balaban J connectivity index is 0.00000147. The molecule has 2 atom stereocenters. The van der Waals surface area contributed by atoms with Crippen LogP contribution in [0, 0.1) is 5.92 Å². The highest BCUT2D eigenvalue weighted by atomic mass is 35.5. The molecule has 3 nitrogen and oxygen atoms in total. The van der Waals surface area contributed by atoms with Crippen LogP contribution in [0.15, 0.2) is 24.3 Å². The van der Waals surface area contributed by atoms with Crippen LogP contribution < -0.4 is 5.32 Å². The lowest BCUT2D eigenvalue weighted by atomic mass is 9.92. The highest BCUT2D eigenvalue weighted by Crippen LogP contribution is 2.26. The van der Waals surface area contributed by atoms with Crippen molar-refractivity contribution in [1.82, 2.24) is 10.2 Å². The normalized spacial score (nSPS) is 24.9. The van der Waals surface area contributed by atoms with E-state index in [2.05, 4.69) is 23.2 Å². The summed E-state index contributed by atoms with van der Waals surface area (Å²) in [5.74, 6) is 0.884. The van der Waals surface area contributed by atoms with E-state index in [1.165, 1.54) is 12.0 Å². The summed E-state index contributed by atoms with van der Waals surface area (Å²) in [6.07, 6.45) is 3.23. The van der Waals surface area contributed by atoms with Crippen molar-refractivity contribution in [1.29, 1.82) is 0 Å². The zero-order chi connectivity index (χ0) is 13.2. The second kappa shape index (κ2) is 6.59. The zero-order valence-electron chi connectivity index (χ0n) is 12.0. The maximum absolute atomic E-state index is 12.7. The minimum Gasteiger partial charge on any atom is -0.338 e. The third kappa shape index (κ3) is 2.84. The third-order valence-corrected chi connectivity index (χ3v) is 4.57. The van der Waals surface area contributed by atoms with Crippen LogP contribution in [0.1, 0.15) is 35.7 Å². The number of carbonyl (C=O) groups is 1. The predicted molar refractivity (Wildman–Crippen MR) is 83.5 cm³/mol. The molecule has 0 spiro atoms. The highest BCUT2D eigenvalue weighted by Gasteiger charge is 2.34. The van der Waals surface area contributed by atoms with Gasteiger partial charge in [0.2, 0.25) is 0 Å². The van der Waals surface area contributed by atoms with Crippen LogP contribution in [-0.4, -0.2) is 36.5 Å². The molecule has 4 heteroatoms. The SMILES string of the molecule is CCc1ccccc1C(=O)N1CCC2NCCC2C1.Cl. The van der Waals surface area contributed by atoms with E-state index < -0.39 is 0 Å². The van der Waals surface area contributed by atoms with Crippen LogP contribution in [0.2, 0.25) is 0 Å². The molecule has 1 amide bonds. The fourth-order valence-corrected chi connectivity index (χ4v) is 3.44. The zero-order valence-corrected chi connectivity index (χ0v) is 12.8. The second-order valence-electron chi connectivity index (χ2n) is 5.66. The number of halogens is 1. The number of rotatable bonds is 2. The molecule has 0 aliphatic carbocycles. The van der Waals surface area contributed by atoms with E-state index in [0.29, 0.717) is 12.0 Å². The molecule has 1 aromatic rings. The molecule has 2 fully saturated rings. The van der Waals surface area contributed by atoms with Gasteiger partial charge in [0, 0.05) is 24.7 Å². The number of hydrogen-bond acceptors (Lipinski definition) is 2. The molecule has 2 aliphatic rings. The van der Waals surface area contributed by atoms with E-state index in [1.807, 2.05) is 18.2 Å². The Hall–Kier alpha value is -1.06. The smallest absolute Gasteiger partial charge is 0.254 e. The van der Waals surface area contributed by atoms with E-state index in [-0.39, 0.29) is 18.3 Å². The van der Waals surface area contributed by atoms with Crippen LogP contribution in [0.5, 0.6) is 0 Å². The van der Waals surface area contributed by atoms with Gasteiger partial charge in [0.25, 0.3) is 5.91 Å². The molecule has 0 bridgehead atoms. The van der Waals surface area contributed by atoms with Gasteiger partial charge in [0.15, 0.2) is 0 Å². The summed E-state index contributed by atoms with van der Waals surface area (Å²) in [4.78, 5) is 14.7. The number of amides is 1. The van der Waals surface area contributed by atoms with E-state index in [1.54, 1.807) is 0 Å². The summed E-state index contributed by atoms with van der Waals surface area (Å²) < 4.78 is 0. The molecule has 1 aromatic carbocycles. The largest absolute Gasteiger partial charge is 0.338 e. The predicted octanol–water partition coefficient (Wildman–Crippen LogP) is 2.49. The Labute approximate surface area is 127 Å². The molecule has 2 heterocycles. The number of benzene rings is 1. The highest BCUT2D eigenvalue weighted by molar-refractivity contribution is 5.95. The van der Waals surface area contributed by atoms with Gasteiger partial charge in [-0.25, -0.2) is 0 Å². The Kier molecular flexibility index (Phi) is 5.06. The van der Waals surface area contributed by atoms with Crippen molar-refractivity contribution >= 4 is 18.3 Å². The minimum absolute atomic E-state index is 0. The van der Waals surface area contributed by atoms with Crippen LogP contribution in [-0.2, 0) is 6.42 Å². The fourth-order valence-electron chi connectivity index (χ4n) is 3.44. The first kappa shape index (κ1) is 15.3. The molecule has 0 saturated carbocycles. The van der Waals surface area contributed by atoms with E-state index in [9.17, 15) is 4.79 Å². The number of nitrogens with one attached hydrogen (secondary N) is 1. The van der Waals surface area contributed by atoms with Gasteiger partial charge in [-0.1, -0.05) is 25.1 Å². The van der Waals surface area contributed by atoms with Crippen LogP contribution in [0.25, 0.3) is 0 Å². The van der Waals surface area contributed by atoms with Crippen molar-refractivity contribution in [2.75, 3.05) is 19.6 Å². The summed E-state index contributed by atoms with van der Waals surface area (Å²) in [5.41, 5.74) is 2.06. The molecule has 2 aliphatic heterocycles. The molecule has 0 aromatic heterocycles. The topological polar surface area (TPSA) is 32.3 Å². The van der Waals surface area contributed by atoms with Gasteiger partial charge in [-0.2, -0.15) is 0 Å². The average Bonchev–Trinajstić information content (AvgIpc) is 2.93. The second-order valence-corrected chi connectivity index (χ2v) is 5.66. The monoisotopic (exact) mass is 294 g/mol. The molecule has 2 saturated heterocycles. The molecular formula is C16H23ClN2O. The first-order valence-electron chi connectivity index (χ1n) is 7.40. The maximum Gasteiger partial charge on any atom is 0.254 e. The van der Waals surface area contributed by atoms with E-state index in [4.69, 9.17) is 0 Å². The lowest BCUT2D eigenvalue weighted by Crippen LogP contribution is -2.47. The molecule has 0 radical (unpaired) electrons. The Bertz CT molecular complexity index is 477. The standard InChI is InChI=1S/C16H22N2O.ClH/c1-2-12-5-3-4-6-14(12)16(19)18-10-8-15-13(11-18)7-9-17-15;/h3-6,13,15,17H,2,7-11H2,1H3;1H. The van der Waals surface area contributed by atoms with Crippen molar-refractivity contribution in [2.45, 2.75) is 32.2 Å². The number of aryl methyl sites for hydroxylation is 1. The van der Waals surface area contributed by atoms with Crippen LogP contribution in [0.4, 0.5) is 0 Å². The number of piperidine rings is 1. The molecule has 20 heavy (non-hydrogen) atoms. The Morgan fingerprint density at radius 1 is 1.35 bits per heavy atom. The quantitative estimate of drug-likeness (QED) is 0.909. The average molecular weight is 295 g/mol. The van der Waals surface area contributed by atoms with Gasteiger partial charge in [0.05, 0.1) is 0 Å². The first-order valence-corrected chi connectivity index (χ1v) is 7.40. The van der Waals surface area contributed by atoms with E-state index in [0.717, 1.165) is 38.0 Å². The summed E-state index contributed by atoms with van der Waals surface area (Å²) in [7, 11) is 0. The summed E-state index contributed by atoms with van der Waals surface area (Å²) >= 11 is 0. The Morgan fingerprint density at radius 3 is 2.95 bits per heavy atom. The van der Waals surface area contributed by atoms with Gasteiger partial charge >= 0.3 is 0 Å².